The van der Waals surface area contributed by atoms with Gasteiger partial charge in [0.2, 0.25) is 5.91 Å². The molecule has 2 saturated heterocycles. The van der Waals surface area contributed by atoms with Crippen molar-refractivity contribution in [1.29, 1.82) is 0 Å². The first-order valence-electron chi connectivity index (χ1n) is 9.62. The first kappa shape index (κ1) is 22.9. The van der Waals surface area contributed by atoms with Crippen molar-refractivity contribution < 1.29 is 30.0 Å². The van der Waals surface area contributed by atoms with E-state index in [0.29, 0.717) is 5.92 Å². The average Bonchev–Trinajstić information content (AvgIpc) is 2.99. The van der Waals surface area contributed by atoms with Crippen molar-refractivity contribution in [3.05, 3.63) is 0 Å². The number of carbonyl (C=O) groups is 1. The number of aliphatic hydroxyl groups is 4. The maximum absolute atomic E-state index is 12.8. The van der Waals surface area contributed by atoms with Crippen molar-refractivity contribution in [2.24, 2.45) is 5.92 Å². The van der Waals surface area contributed by atoms with E-state index in [0.717, 1.165) is 25.8 Å². The topological polar surface area (TPSA) is 122 Å². The summed E-state index contributed by atoms with van der Waals surface area (Å²) in [7, 11) is 1.91. The molecule has 2 rings (SSSR count). The second-order valence-corrected chi connectivity index (χ2v) is 8.73. The van der Waals surface area contributed by atoms with E-state index in [1.165, 1.54) is 18.7 Å². The number of nitrogens with zero attached hydrogens (tertiary/aromatic N) is 1. The Morgan fingerprint density at radius 2 is 1.96 bits per heavy atom. The number of likely N-dealkylation sites (tertiary alicyclic amines) is 1. The Labute approximate surface area is 165 Å². The van der Waals surface area contributed by atoms with E-state index in [-0.39, 0.29) is 11.9 Å². The lowest BCUT2D eigenvalue weighted by Gasteiger charge is -2.44. The van der Waals surface area contributed by atoms with Gasteiger partial charge in [0.1, 0.15) is 29.9 Å². The summed E-state index contributed by atoms with van der Waals surface area (Å²) in [6.07, 6.45) is -1.50. The Hall–Kier alpha value is -0.420. The minimum Gasteiger partial charge on any atom is -0.391 e. The van der Waals surface area contributed by atoms with E-state index in [1.807, 2.05) is 11.9 Å². The predicted molar refractivity (Wildman–Crippen MR) is 103 cm³/mol. The number of amides is 1. The zero-order valence-corrected chi connectivity index (χ0v) is 17.3. The number of rotatable bonds is 7. The molecule has 5 N–H and O–H groups in total. The number of likely N-dealkylation sites (N-methyl/N-ethyl adjacent to an activating group) is 1. The second kappa shape index (κ2) is 9.87. The van der Waals surface area contributed by atoms with Crippen LogP contribution in [0.15, 0.2) is 0 Å². The zero-order chi connectivity index (χ0) is 20.3. The predicted octanol–water partition coefficient (Wildman–Crippen LogP) is -0.857. The molecule has 3 unspecified atom stereocenters. The third-order valence-electron chi connectivity index (χ3n) is 5.66. The third kappa shape index (κ3) is 5.14. The van der Waals surface area contributed by atoms with Gasteiger partial charge in [0.15, 0.2) is 0 Å². The Balaban J connectivity index is 2.09. The van der Waals surface area contributed by atoms with Crippen molar-refractivity contribution in [3.63, 3.8) is 0 Å². The number of hydrogen-bond acceptors (Lipinski definition) is 8. The van der Waals surface area contributed by atoms with Gasteiger partial charge < -0.3 is 30.5 Å². The monoisotopic (exact) mass is 406 g/mol. The molecular weight excluding hydrogens is 372 g/mol. The first-order chi connectivity index (χ1) is 12.7. The molecule has 9 heteroatoms. The van der Waals surface area contributed by atoms with Gasteiger partial charge >= 0.3 is 0 Å². The number of thioether (sulfide) groups is 1. The fourth-order valence-electron chi connectivity index (χ4n) is 4.13. The zero-order valence-electron chi connectivity index (χ0n) is 16.5. The van der Waals surface area contributed by atoms with Crippen LogP contribution in [0.5, 0.6) is 0 Å². The molecule has 0 saturated carbocycles. The standard InChI is InChI=1S/C18H34N2O6S/c1-5-6-10-7-11(20(3)8-10)17(25)19-12(9(2)21)16-14(23)13(22)15(24)18(26-16)27-4/h9-16,18,21-24H,5-8H2,1-4H3,(H,19,25)/t9-,10+,11?,12+,13?,14+,15?,16+,18+/m0/s1. The molecule has 1 amide bonds. The van der Waals surface area contributed by atoms with Crippen molar-refractivity contribution in [2.45, 2.75) is 81.1 Å². The van der Waals surface area contributed by atoms with E-state index in [4.69, 9.17) is 4.74 Å². The Bertz CT molecular complexity index is 494. The molecule has 2 aliphatic rings. The number of ether oxygens (including phenoxy) is 1. The van der Waals surface area contributed by atoms with Crippen LogP contribution in [0.4, 0.5) is 0 Å². The molecule has 2 heterocycles. The SMILES string of the molecule is CCC[C@@H]1CC(C(=O)N[C@@H]([C@H]2O[C@H](SC)C(O)C(O)[C@H]2O)[C@H](C)O)N(C)C1. The summed E-state index contributed by atoms with van der Waals surface area (Å²) in [5, 5.41) is 43.5. The summed E-state index contributed by atoms with van der Waals surface area (Å²) in [4.78, 5) is 14.9. The minimum absolute atomic E-state index is 0.223. The van der Waals surface area contributed by atoms with E-state index in [1.54, 1.807) is 6.26 Å². The number of nitrogens with one attached hydrogen (secondary N) is 1. The van der Waals surface area contributed by atoms with Gasteiger partial charge in [0.25, 0.3) is 0 Å². The molecule has 0 radical (unpaired) electrons. The van der Waals surface area contributed by atoms with Crippen molar-refractivity contribution >= 4 is 17.7 Å². The van der Waals surface area contributed by atoms with Crippen LogP contribution in [-0.4, -0.2) is 99.1 Å². The summed E-state index contributed by atoms with van der Waals surface area (Å²) in [5.74, 6) is 0.245. The van der Waals surface area contributed by atoms with Crippen LogP contribution in [0.3, 0.4) is 0 Å². The molecule has 0 aliphatic carbocycles. The summed E-state index contributed by atoms with van der Waals surface area (Å²) >= 11 is 1.20. The van der Waals surface area contributed by atoms with Crippen molar-refractivity contribution in [3.8, 4) is 0 Å². The number of hydrogen-bond donors (Lipinski definition) is 5. The Kier molecular flexibility index (Phi) is 8.35. The van der Waals surface area contributed by atoms with E-state index in [2.05, 4.69) is 12.2 Å². The van der Waals surface area contributed by atoms with Crippen LogP contribution in [-0.2, 0) is 9.53 Å². The fourth-order valence-corrected chi connectivity index (χ4v) is 4.81. The lowest BCUT2D eigenvalue weighted by atomic mass is 9.92. The molecule has 0 aromatic heterocycles. The molecule has 0 aromatic carbocycles. The van der Waals surface area contributed by atoms with Crippen LogP contribution >= 0.6 is 11.8 Å². The smallest absolute Gasteiger partial charge is 0.237 e. The second-order valence-electron chi connectivity index (χ2n) is 7.80. The minimum atomic E-state index is -1.42. The van der Waals surface area contributed by atoms with E-state index < -0.39 is 42.0 Å². The van der Waals surface area contributed by atoms with Gasteiger partial charge in [0.05, 0.1) is 18.2 Å². The summed E-state index contributed by atoms with van der Waals surface area (Å²) < 4.78 is 5.72. The van der Waals surface area contributed by atoms with Gasteiger partial charge in [-0.25, -0.2) is 0 Å². The highest BCUT2D eigenvalue weighted by atomic mass is 32.2. The molecule has 0 spiro atoms. The average molecular weight is 407 g/mol. The molecular formula is C18H34N2O6S. The van der Waals surface area contributed by atoms with Gasteiger partial charge in [-0.3, -0.25) is 9.69 Å². The fraction of sp³-hybridized carbons (Fsp3) is 0.944. The maximum atomic E-state index is 12.8. The molecule has 8 nitrogen and oxygen atoms in total. The largest absolute Gasteiger partial charge is 0.391 e. The van der Waals surface area contributed by atoms with E-state index >= 15 is 0 Å². The van der Waals surface area contributed by atoms with Crippen LogP contribution < -0.4 is 5.32 Å². The number of carbonyl (C=O) groups excluding carboxylic acids is 1. The summed E-state index contributed by atoms with van der Waals surface area (Å²) in [5.41, 5.74) is -0.755. The maximum Gasteiger partial charge on any atom is 0.237 e. The Morgan fingerprint density at radius 1 is 1.30 bits per heavy atom. The molecule has 9 atom stereocenters. The van der Waals surface area contributed by atoms with Crippen LogP contribution in [0.1, 0.15) is 33.1 Å². The highest BCUT2D eigenvalue weighted by Gasteiger charge is 2.48. The molecule has 2 fully saturated rings. The molecule has 158 valence electrons. The van der Waals surface area contributed by atoms with Crippen molar-refractivity contribution in [1.82, 2.24) is 10.2 Å². The van der Waals surface area contributed by atoms with Gasteiger partial charge in [-0.1, -0.05) is 13.3 Å². The number of aliphatic hydroxyl groups excluding tert-OH is 4. The first-order valence-corrected chi connectivity index (χ1v) is 10.9. The third-order valence-corrected chi connectivity index (χ3v) is 6.51. The lowest BCUT2D eigenvalue weighted by molar-refractivity contribution is -0.211. The molecule has 0 bridgehead atoms. The van der Waals surface area contributed by atoms with Crippen LogP contribution in [0.25, 0.3) is 0 Å². The van der Waals surface area contributed by atoms with E-state index in [9.17, 15) is 25.2 Å². The van der Waals surface area contributed by atoms with Crippen LogP contribution in [0, 0.1) is 5.92 Å². The lowest BCUT2D eigenvalue weighted by Crippen LogP contribution is -2.65. The molecule has 2 aliphatic heterocycles. The van der Waals surface area contributed by atoms with Crippen LogP contribution in [0.2, 0.25) is 0 Å². The van der Waals surface area contributed by atoms with Gasteiger partial charge in [-0.2, -0.15) is 0 Å². The normalized spacial score (nSPS) is 39.9. The molecule has 0 aromatic rings. The van der Waals surface area contributed by atoms with Gasteiger partial charge in [-0.05, 0) is 39.0 Å². The molecule has 27 heavy (non-hydrogen) atoms. The highest BCUT2D eigenvalue weighted by molar-refractivity contribution is 7.99. The Morgan fingerprint density at radius 3 is 2.52 bits per heavy atom. The summed E-state index contributed by atoms with van der Waals surface area (Å²) in [6.45, 7) is 4.48. The quantitative estimate of drug-likeness (QED) is 0.370. The highest BCUT2D eigenvalue weighted by Crippen LogP contribution is 2.30. The van der Waals surface area contributed by atoms with Gasteiger partial charge in [0, 0.05) is 6.54 Å². The van der Waals surface area contributed by atoms with Crippen molar-refractivity contribution in [2.75, 3.05) is 19.8 Å². The van der Waals surface area contributed by atoms with Gasteiger partial charge in [-0.15, -0.1) is 11.8 Å². The summed E-state index contributed by atoms with van der Waals surface area (Å²) in [6, 6.07) is -1.20.